The Balaban J connectivity index is 1.63. The van der Waals surface area contributed by atoms with Crippen LogP contribution in [0.4, 0.5) is 5.69 Å². The molecular weight excluding hydrogens is 462 g/mol. The van der Waals surface area contributed by atoms with Crippen molar-refractivity contribution in [3.05, 3.63) is 70.4 Å². The van der Waals surface area contributed by atoms with E-state index in [1.807, 2.05) is 53.0 Å². The van der Waals surface area contributed by atoms with Gasteiger partial charge in [0.05, 0.1) is 23.4 Å². The summed E-state index contributed by atoms with van der Waals surface area (Å²) < 4.78 is 1.88. The fraction of sp³-hybridized carbons (Fsp3) is 0.333. The quantitative estimate of drug-likeness (QED) is 0.301. The predicted molar refractivity (Wildman–Crippen MR) is 136 cm³/mol. The first-order valence-electron chi connectivity index (χ1n) is 11.8. The van der Waals surface area contributed by atoms with Gasteiger partial charge in [-0.15, -0.1) is 0 Å². The molecule has 4 rings (SSSR count). The van der Waals surface area contributed by atoms with E-state index < -0.39 is 0 Å². The van der Waals surface area contributed by atoms with Crippen molar-refractivity contribution in [1.29, 1.82) is 5.26 Å². The van der Waals surface area contributed by atoms with E-state index in [1.54, 1.807) is 12.1 Å². The van der Waals surface area contributed by atoms with Crippen molar-refractivity contribution in [2.24, 2.45) is 0 Å². The largest absolute Gasteiger partial charge is 0.388 e. The highest BCUT2D eigenvalue weighted by Gasteiger charge is 2.33. The van der Waals surface area contributed by atoms with E-state index in [0.29, 0.717) is 35.8 Å². The van der Waals surface area contributed by atoms with Crippen LogP contribution in [0.25, 0.3) is 11.3 Å². The molecule has 1 unspecified atom stereocenters. The number of unbranched alkanes of at least 4 members (excludes halogenated alkanes) is 3. The monoisotopic (exact) mass is 489 g/mol. The lowest BCUT2D eigenvalue weighted by molar-refractivity contribution is -0.107. The number of carbonyl (C=O) groups excluding carboxylic acids is 2. The van der Waals surface area contributed by atoms with Crippen molar-refractivity contribution >= 4 is 29.5 Å². The average Bonchev–Trinajstić information content (AvgIpc) is 3.32. The van der Waals surface area contributed by atoms with E-state index >= 15 is 0 Å². The number of fused-ring (bicyclic) bond motifs is 1. The molecule has 8 heteroatoms. The molecule has 1 amide bonds. The van der Waals surface area contributed by atoms with Gasteiger partial charge in [-0.3, -0.25) is 9.48 Å². The molecule has 2 heterocycles. The summed E-state index contributed by atoms with van der Waals surface area (Å²) >= 11 is 6.17. The molecule has 0 bridgehead atoms. The van der Waals surface area contributed by atoms with Crippen molar-refractivity contribution in [3.63, 3.8) is 0 Å². The lowest BCUT2D eigenvalue weighted by atomic mass is 10.0. The summed E-state index contributed by atoms with van der Waals surface area (Å²) in [6, 6.07) is 16.9. The van der Waals surface area contributed by atoms with Gasteiger partial charge in [0.2, 0.25) is 0 Å². The number of hydrogen-bond acceptors (Lipinski definition) is 5. The second-order valence-corrected chi connectivity index (χ2v) is 9.19. The van der Waals surface area contributed by atoms with Crippen molar-refractivity contribution in [1.82, 2.24) is 14.7 Å². The normalized spacial score (nSPS) is 14.9. The number of halogens is 1. The third-order valence-corrected chi connectivity index (χ3v) is 6.60. The fourth-order valence-corrected chi connectivity index (χ4v) is 4.70. The van der Waals surface area contributed by atoms with E-state index in [4.69, 9.17) is 22.0 Å². The predicted octanol–water partition coefficient (Wildman–Crippen LogP) is 5.46. The van der Waals surface area contributed by atoms with Crippen LogP contribution in [-0.2, 0) is 11.3 Å². The first-order valence-corrected chi connectivity index (χ1v) is 12.2. The molecule has 7 nitrogen and oxygen atoms in total. The van der Waals surface area contributed by atoms with Crippen molar-refractivity contribution < 1.29 is 9.59 Å². The highest BCUT2D eigenvalue weighted by Crippen LogP contribution is 2.34. The molecule has 1 atom stereocenters. The van der Waals surface area contributed by atoms with Gasteiger partial charge in [0.1, 0.15) is 12.0 Å². The van der Waals surface area contributed by atoms with Gasteiger partial charge in [0.15, 0.2) is 0 Å². The number of nitriles is 1. The van der Waals surface area contributed by atoms with Crippen LogP contribution in [0.15, 0.2) is 48.5 Å². The highest BCUT2D eigenvalue weighted by atomic mass is 35.5. The van der Waals surface area contributed by atoms with E-state index in [2.05, 4.69) is 11.4 Å². The summed E-state index contributed by atoms with van der Waals surface area (Å²) in [6.45, 7) is 1.02. The number of benzene rings is 2. The number of carbonyl (C=O) groups is 2. The van der Waals surface area contributed by atoms with Crippen LogP contribution in [0.1, 0.15) is 59.8 Å². The van der Waals surface area contributed by atoms with E-state index in [9.17, 15) is 9.59 Å². The van der Waals surface area contributed by atoms with Crippen LogP contribution in [0, 0.1) is 11.3 Å². The molecule has 1 aromatic heterocycles. The molecule has 3 aromatic rings. The number of anilines is 1. The molecule has 1 N–H and O–H groups in total. The number of amides is 1. The second kappa shape index (κ2) is 11.2. The lowest BCUT2D eigenvalue weighted by Crippen LogP contribution is -2.42. The van der Waals surface area contributed by atoms with Crippen LogP contribution < -0.4 is 5.32 Å². The zero-order valence-corrected chi connectivity index (χ0v) is 20.5. The molecule has 2 aromatic carbocycles. The van der Waals surface area contributed by atoms with Gasteiger partial charge in [-0.2, -0.15) is 10.4 Å². The summed E-state index contributed by atoms with van der Waals surface area (Å²) in [4.78, 5) is 26.0. The maximum absolute atomic E-state index is 13.5. The van der Waals surface area contributed by atoms with Crippen LogP contribution >= 0.6 is 11.6 Å². The molecule has 0 aliphatic carbocycles. The summed E-state index contributed by atoms with van der Waals surface area (Å²) in [7, 11) is 1.83. The number of nitrogens with zero attached hydrogens (tertiary/aromatic N) is 4. The van der Waals surface area contributed by atoms with Crippen LogP contribution in [0.5, 0.6) is 0 Å². The van der Waals surface area contributed by atoms with Gasteiger partial charge in [0.25, 0.3) is 5.91 Å². The van der Waals surface area contributed by atoms with E-state index in [0.717, 1.165) is 54.5 Å². The molecule has 0 spiro atoms. The molecule has 180 valence electrons. The Morgan fingerprint density at radius 2 is 1.97 bits per heavy atom. The van der Waals surface area contributed by atoms with Crippen LogP contribution in [0.2, 0.25) is 5.02 Å². The first-order chi connectivity index (χ1) is 17.0. The Bertz CT molecular complexity index is 1250. The Morgan fingerprint density at radius 1 is 1.17 bits per heavy atom. The molecule has 0 saturated heterocycles. The lowest BCUT2D eigenvalue weighted by Gasteiger charge is -2.33. The third kappa shape index (κ3) is 5.55. The first kappa shape index (κ1) is 24.5. The molecule has 35 heavy (non-hydrogen) atoms. The molecule has 0 radical (unpaired) electrons. The Kier molecular flexibility index (Phi) is 7.84. The summed E-state index contributed by atoms with van der Waals surface area (Å²) in [5.41, 5.74) is 4.59. The molecule has 0 saturated carbocycles. The number of aldehydes is 1. The number of aromatic nitrogens is 2. The number of hydrogen-bond donors (Lipinski definition) is 1. The number of rotatable bonds is 10. The topological polar surface area (TPSA) is 91.0 Å². The van der Waals surface area contributed by atoms with E-state index in [1.165, 1.54) is 0 Å². The molecular formula is C27H28ClN5O2. The Morgan fingerprint density at radius 3 is 2.69 bits per heavy atom. The minimum atomic E-state index is -0.0646. The van der Waals surface area contributed by atoms with Gasteiger partial charge < -0.3 is 15.0 Å². The minimum Gasteiger partial charge on any atom is -0.388 e. The van der Waals surface area contributed by atoms with Gasteiger partial charge in [-0.25, -0.2) is 0 Å². The molecule has 0 fully saturated rings. The zero-order valence-electron chi connectivity index (χ0n) is 19.7. The average molecular weight is 490 g/mol. The van der Waals surface area contributed by atoms with Crippen LogP contribution in [-0.4, -0.2) is 40.5 Å². The van der Waals surface area contributed by atoms with Crippen molar-refractivity contribution in [2.45, 2.75) is 44.7 Å². The Labute approximate surface area is 210 Å². The summed E-state index contributed by atoms with van der Waals surface area (Å²) in [5.74, 6) is -0.0646. The van der Waals surface area contributed by atoms with Gasteiger partial charge in [-0.05, 0) is 54.8 Å². The van der Waals surface area contributed by atoms with Gasteiger partial charge in [0, 0.05) is 42.8 Å². The maximum Gasteiger partial charge on any atom is 0.272 e. The SMILES string of the molecule is CNc1cc(Cl)ccc1-c1cc2n(n1)C(CCCCCC=O)CN(Cc1ccc(C#N)cc1)C2=O. The summed E-state index contributed by atoms with van der Waals surface area (Å²) in [6.07, 6.45) is 5.19. The van der Waals surface area contributed by atoms with Gasteiger partial charge >= 0.3 is 0 Å². The Hall–Kier alpha value is -3.63. The smallest absolute Gasteiger partial charge is 0.272 e. The number of nitrogens with one attached hydrogen (secondary N) is 1. The van der Waals surface area contributed by atoms with Crippen molar-refractivity contribution in [3.8, 4) is 17.3 Å². The fourth-order valence-electron chi connectivity index (χ4n) is 4.53. The standard InChI is InChI=1S/C27H28ClN5O2/c1-30-24-14-21(28)11-12-23(24)25-15-26-27(35)32(17-20-9-7-19(16-29)8-10-20)18-22(33(26)31-25)6-4-2-3-5-13-34/h7-15,22,30H,2-6,17-18H2,1H3. The van der Waals surface area contributed by atoms with E-state index in [-0.39, 0.29) is 11.9 Å². The third-order valence-electron chi connectivity index (χ3n) is 6.36. The van der Waals surface area contributed by atoms with Crippen LogP contribution in [0.3, 0.4) is 0 Å². The maximum atomic E-state index is 13.5. The second-order valence-electron chi connectivity index (χ2n) is 8.75. The molecule has 1 aliphatic rings. The minimum absolute atomic E-state index is 0.0383. The van der Waals surface area contributed by atoms with Crippen molar-refractivity contribution in [2.75, 3.05) is 18.9 Å². The highest BCUT2D eigenvalue weighted by molar-refractivity contribution is 6.31. The summed E-state index contributed by atoms with van der Waals surface area (Å²) in [5, 5.41) is 17.7. The zero-order chi connectivity index (χ0) is 24.8. The van der Waals surface area contributed by atoms with Gasteiger partial charge in [-0.1, -0.05) is 36.6 Å². The molecule has 1 aliphatic heterocycles.